The van der Waals surface area contributed by atoms with Crippen LogP contribution >= 0.6 is 0 Å². The Labute approximate surface area is 112 Å². The minimum absolute atomic E-state index is 0.436. The summed E-state index contributed by atoms with van der Waals surface area (Å²) in [6, 6.07) is 3.75. The zero-order valence-electron chi connectivity index (χ0n) is 11.1. The van der Waals surface area contributed by atoms with Gasteiger partial charge in [-0.25, -0.2) is 0 Å². The first-order valence-electron chi connectivity index (χ1n) is 5.81. The van der Waals surface area contributed by atoms with Crippen LogP contribution in [0.5, 0.6) is 0 Å². The predicted octanol–water partition coefficient (Wildman–Crippen LogP) is 0.825. The Balaban J connectivity index is 2.66. The summed E-state index contributed by atoms with van der Waals surface area (Å²) < 4.78 is 4.91. The Morgan fingerprint density at radius 1 is 1.68 bits per heavy atom. The van der Waals surface area contributed by atoms with Crippen LogP contribution in [0.15, 0.2) is 36.5 Å². The second kappa shape index (κ2) is 8.04. The van der Waals surface area contributed by atoms with E-state index in [1.807, 2.05) is 12.1 Å². The molecule has 0 unspecified atom stereocenters. The molecule has 1 rings (SSSR count). The predicted molar refractivity (Wildman–Crippen MR) is 70.7 cm³/mol. The summed E-state index contributed by atoms with van der Waals surface area (Å²) in [5.74, 6) is 0.436. The van der Waals surface area contributed by atoms with Gasteiger partial charge < -0.3 is 15.0 Å². The molecule has 1 heterocycles. The summed E-state index contributed by atoms with van der Waals surface area (Å²) in [4.78, 5) is 15.9. The molecule has 1 aromatic rings. The van der Waals surface area contributed by atoms with Gasteiger partial charge in [-0.2, -0.15) is 0 Å². The van der Waals surface area contributed by atoms with E-state index in [4.69, 9.17) is 4.74 Å². The van der Waals surface area contributed by atoms with Gasteiger partial charge >= 0.3 is 0 Å². The second-order valence-electron chi connectivity index (χ2n) is 3.94. The molecule has 0 aliphatic heterocycles. The van der Waals surface area contributed by atoms with Gasteiger partial charge in [0.25, 0.3) is 6.20 Å². The number of pyridine rings is 1. The number of nitrogens with zero attached hydrogens (tertiary/aromatic N) is 3. The third-order valence-corrected chi connectivity index (χ3v) is 2.39. The highest BCUT2D eigenvalue weighted by molar-refractivity contribution is 5.09. The van der Waals surface area contributed by atoms with Crippen molar-refractivity contribution in [2.45, 2.75) is 6.54 Å². The topological polar surface area (TPSA) is 80.5 Å². The zero-order valence-corrected chi connectivity index (χ0v) is 11.1. The zero-order chi connectivity index (χ0) is 14.1. The van der Waals surface area contributed by atoms with Crippen molar-refractivity contribution in [2.75, 3.05) is 27.3 Å². The van der Waals surface area contributed by atoms with Crippen molar-refractivity contribution in [3.63, 3.8) is 0 Å². The van der Waals surface area contributed by atoms with Gasteiger partial charge in [-0.05, 0) is 11.6 Å². The summed E-state index contributed by atoms with van der Waals surface area (Å²) in [6.45, 7) is 1.52. The minimum Gasteiger partial charge on any atom is -0.383 e. The molecule has 0 aliphatic carbocycles. The Bertz CT molecular complexity index is 422. The SMILES string of the molecule is COCCNC(=C[N+](=O)[O-])N(C)Cc1cccnc1. The average molecular weight is 266 g/mol. The van der Waals surface area contributed by atoms with E-state index in [2.05, 4.69) is 10.3 Å². The molecule has 104 valence electrons. The fourth-order valence-corrected chi connectivity index (χ4v) is 1.51. The first kappa shape index (κ1) is 14.9. The molecule has 1 N–H and O–H groups in total. The largest absolute Gasteiger partial charge is 0.383 e. The van der Waals surface area contributed by atoms with E-state index >= 15 is 0 Å². The highest BCUT2D eigenvalue weighted by Gasteiger charge is 2.09. The van der Waals surface area contributed by atoms with E-state index in [9.17, 15) is 10.1 Å². The van der Waals surface area contributed by atoms with Gasteiger partial charge in [0.2, 0.25) is 0 Å². The standard InChI is InChI=1S/C12H18N4O3/c1-15(9-11-4-3-5-13-8-11)12(10-16(17)18)14-6-7-19-2/h3-5,8,10,14H,6-7,9H2,1-2H3. The molecule has 1 aromatic heterocycles. The average Bonchev–Trinajstić information content (AvgIpc) is 2.38. The van der Waals surface area contributed by atoms with E-state index in [1.165, 1.54) is 0 Å². The second-order valence-corrected chi connectivity index (χ2v) is 3.94. The monoisotopic (exact) mass is 266 g/mol. The maximum absolute atomic E-state index is 10.6. The molecule has 0 saturated carbocycles. The normalized spacial score (nSPS) is 11.2. The van der Waals surface area contributed by atoms with Gasteiger partial charge in [0.1, 0.15) is 0 Å². The summed E-state index contributed by atoms with van der Waals surface area (Å²) in [5, 5.41) is 13.6. The van der Waals surface area contributed by atoms with Crippen LogP contribution < -0.4 is 5.32 Å². The molecule has 0 aromatic carbocycles. The number of rotatable bonds is 8. The fourth-order valence-electron chi connectivity index (χ4n) is 1.51. The molecular weight excluding hydrogens is 248 g/mol. The van der Waals surface area contributed by atoms with E-state index in [-0.39, 0.29) is 0 Å². The Morgan fingerprint density at radius 2 is 2.47 bits per heavy atom. The van der Waals surface area contributed by atoms with Gasteiger partial charge in [0.05, 0.1) is 11.5 Å². The molecule has 0 aliphatic rings. The number of hydrogen-bond acceptors (Lipinski definition) is 6. The van der Waals surface area contributed by atoms with Crippen molar-refractivity contribution in [1.82, 2.24) is 15.2 Å². The van der Waals surface area contributed by atoms with Crippen LogP contribution in [0.1, 0.15) is 5.56 Å². The third-order valence-electron chi connectivity index (χ3n) is 2.39. The fraction of sp³-hybridized carbons (Fsp3) is 0.417. The molecule has 0 spiro atoms. The molecule has 7 heteroatoms. The minimum atomic E-state index is -0.477. The summed E-state index contributed by atoms with van der Waals surface area (Å²) in [6.07, 6.45) is 4.37. The lowest BCUT2D eigenvalue weighted by atomic mass is 10.3. The molecular formula is C12H18N4O3. The molecule has 0 fully saturated rings. The summed E-state index contributed by atoms with van der Waals surface area (Å²) >= 11 is 0. The summed E-state index contributed by atoms with van der Waals surface area (Å²) in [5.41, 5.74) is 0.979. The Kier molecular flexibility index (Phi) is 6.31. The number of nitrogens with one attached hydrogen (secondary N) is 1. The van der Waals surface area contributed by atoms with Gasteiger partial charge in [-0.3, -0.25) is 15.1 Å². The molecule has 7 nitrogen and oxygen atoms in total. The molecule has 19 heavy (non-hydrogen) atoms. The number of nitro groups is 1. The maximum atomic E-state index is 10.6. The molecule has 0 bridgehead atoms. The van der Waals surface area contributed by atoms with Crippen LogP contribution in [0.25, 0.3) is 0 Å². The quantitative estimate of drug-likeness (QED) is 0.426. The van der Waals surface area contributed by atoms with Crippen LogP contribution in [0.3, 0.4) is 0 Å². The number of methoxy groups -OCH3 is 1. The number of ether oxygens (including phenoxy) is 1. The van der Waals surface area contributed by atoms with E-state index in [0.29, 0.717) is 25.5 Å². The van der Waals surface area contributed by atoms with Gasteiger partial charge in [-0.15, -0.1) is 0 Å². The first-order valence-corrected chi connectivity index (χ1v) is 5.81. The van der Waals surface area contributed by atoms with Crippen LogP contribution in [0.2, 0.25) is 0 Å². The van der Waals surface area contributed by atoms with Crippen molar-refractivity contribution in [2.24, 2.45) is 0 Å². The van der Waals surface area contributed by atoms with Crippen molar-refractivity contribution < 1.29 is 9.66 Å². The number of hydrogen-bond donors (Lipinski definition) is 1. The lowest BCUT2D eigenvalue weighted by Crippen LogP contribution is -2.31. The van der Waals surface area contributed by atoms with Crippen LogP contribution in [0, 0.1) is 10.1 Å². The van der Waals surface area contributed by atoms with Crippen molar-refractivity contribution in [1.29, 1.82) is 0 Å². The van der Waals surface area contributed by atoms with Crippen LogP contribution in [-0.2, 0) is 11.3 Å². The van der Waals surface area contributed by atoms with Crippen LogP contribution in [-0.4, -0.2) is 42.1 Å². The Hall–Kier alpha value is -2.15. The highest BCUT2D eigenvalue weighted by atomic mass is 16.6. The van der Waals surface area contributed by atoms with E-state index in [1.54, 1.807) is 31.5 Å². The maximum Gasteiger partial charge on any atom is 0.274 e. The van der Waals surface area contributed by atoms with Crippen molar-refractivity contribution >= 4 is 0 Å². The Morgan fingerprint density at radius 3 is 3.05 bits per heavy atom. The number of aromatic nitrogens is 1. The smallest absolute Gasteiger partial charge is 0.274 e. The third kappa shape index (κ3) is 5.82. The van der Waals surface area contributed by atoms with E-state index < -0.39 is 4.92 Å². The van der Waals surface area contributed by atoms with Crippen LogP contribution in [0.4, 0.5) is 0 Å². The van der Waals surface area contributed by atoms with Gasteiger partial charge in [0, 0.05) is 39.6 Å². The van der Waals surface area contributed by atoms with Crippen molar-refractivity contribution in [3.05, 3.63) is 52.2 Å². The molecule has 0 radical (unpaired) electrons. The molecule has 0 saturated heterocycles. The highest BCUT2D eigenvalue weighted by Crippen LogP contribution is 2.05. The first-order chi connectivity index (χ1) is 9.13. The van der Waals surface area contributed by atoms with Crippen molar-refractivity contribution in [3.8, 4) is 0 Å². The van der Waals surface area contributed by atoms with E-state index in [0.717, 1.165) is 11.8 Å². The lowest BCUT2D eigenvalue weighted by Gasteiger charge is -2.21. The van der Waals surface area contributed by atoms with Gasteiger partial charge in [0.15, 0.2) is 5.82 Å². The molecule has 0 amide bonds. The molecule has 0 atom stereocenters. The van der Waals surface area contributed by atoms with Gasteiger partial charge in [-0.1, -0.05) is 6.07 Å². The summed E-state index contributed by atoms with van der Waals surface area (Å²) in [7, 11) is 3.36. The lowest BCUT2D eigenvalue weighted by molar-refractivity contribution is -0.404.